The van der Waals surface area contributed by atoms with E-state index < -0.39 is 0 Å². The van der Waals surface area contributed by atoms with E-state index in [-0.39, 0.29) is 5.78 Å². The van der Waals surface area contributed by atoms with Gasteiger partial charge in [0.15, 0.2) is 5.78 Å². The summed E-state index contributed by atoms with van der Waals surface area (Å²) in [6.07, 6.45) is 7.22. The molecule has 1 aromatic heterocycles. The van der Waals surface area contributed by atoms with Gasteiger partial charge in [0.05, 0.1) is 12.4 Å². The van der Waals surface area contributed by atoms with Crippen LogP contribution in [0.4, 0.5) is 0 Å². The highest BCUT2D eigenvalue weighted by atomic mass is 16.1. The Morgan fingerprint density at radius 2 is 1.91 bits per heavy atom. The van der Waals surface area contributed by atoms with Gasteiger partial charge in [-0.25, -0.2) is 0 Å². The molecule has 11 heavy (non-hydrogen) atoms. The maximum Gasteiger partial charge on any atom is 0.160 e. The van der Waals surface area contributed by atoms with E-state index in [0.717, 1.165) is 10.4 Å². The molecule has 1 aromatic rings. The molecule has 0 atom stereocenters. The zero-order valence-corrected chi connectivity index (χ0v) is 5.82. The van der Waals surface area contributed by atoms with E-state index in [9.17, 15) is 4.79 Å². The molecule has 0 fully saturated rings. The minimum atomic E-state index is 0.130. The topological polar surface area (TPSA) is 42.9 Å². The molecule has 0 amide bonds. The number of hydrogen-bond donors (Lipinski definition) is 0. The van der Waals surface area contributed by atoms with Gasteiger partial charge in [0.2, 0.25) is 0 Å². The van der Waals surface area contributed by atoms with E-state index in [4.69, 9.17) is 0 Å². The van der Waals surface area contributed by atoms with Gasteiger partial charge in [-0.15, -0.1) is 0 Å². The summed E-state index contributed by atoms with van der Waals surface area (Å²) < 4.78 is 0. The van der Waals surface area contributed by atoms with Gasteiger partial charge in [0.25, 0.3) is 0 Å². The molecule has 0 radical (unpaired) electrons. The molecule has 1 aliphatic carbocycles. The summed E-state index contributed by atoms with van der Waals surface area (Å²) in [5, 5.41) is 9.26. The Morgan fingerprint density at radius 1 is 1.18 bits per heavy atom. The Labute approximate surface area is 63.1 Å². The zero-order chi connectivity index (χ0) is 7.68. The molecule has 0 bridgehead atoms. The van der Waals surface area contributed by atoms with Crippen molar-refractivity contribution in [1.29, 1.82) is 0 Å². The van der Waals surface area contributed by atoms with Crippen LogP contribution in [0.1, 0.15) is 6.42 Å². The van der Waals surface area contributed by atoms with E-state index in [0.29, 0.717) is 6.42 Å². The monoisotopic (exact) mass is 146 g/mol. The van der Waals surface area contributed by atoms with Crippen molar-refractivity contribution < 1.29 is 4.79 Å². The largest absolute Gasteiger partial charge is 0.294 e. The van der Waals surface area contributed by atoms with Gasteiger partial charge < -0.3 is 0 Å². The van der Waals surface area contributed by atoms with Crippen LogP contribution in [0, 0.1) is 0 Å². The van der Waals surface area contributed by atoms with E-state index in [1.165, 1.54) is 0 Å². The maximum absolute atomic E-state index is 10.9. The molecule has 0 spiro atoms. The first-order chi connectivity index (χ1) is 5.36. The van der Waals surface area contributed by atoms with Gasteiger partial charge in [-0.3, -0.25) is 4.79 Å². The molecule has 3 heteroatoms. The fourth-order valence-corrected chi connectivity index (χ4v) is 1.07. The molecule has 1 heterocycles. The standard InChI is InChI=1S/C8H6N2O/c11-8-2-1-6-4-9-10-5-7(6)3-8/h1,3-5H,2H2. The molecule has 0 saturated heterocycles. The van der Waals surface area contributed by atoms with Crippen molar-refractivity contribution in [3.8, 4) is 0 Å². The second-order valence-electron chi connectivity index (χ2n) is 2.42. The Bertz CT molecular complexity index is 408. The number of fused-ring (bicyclic) bond motifs is 1. The smallest absolute Gasteiger partial charge is 0.160 e. The lowest BCUT2D eigenvalue weighted by molar-refractivity contribution is -0.112. The van der Waals surface area contributed by atoms with Crippen LogP contribution in [0.5, 0.6) is 0 Å². The molecule has 0 aromatic carbocycles. The Balaban J connectivity index is 2.83. The molecule has 2 rings (SSSR count). The number of carbonyl (C=O) groups is 1. The predicted molar refractivity (Wildman–Crippen MR) is 39.8 cm³/mol. The summed E-state index contributed by atoms with van der Waals surface area (Å²) in [6, 6.07) is 0. The summed E-state index contributed by atoms with van der Waals surface area (Å²) in [4.78, 5) is 10.9. The number of ketones is 1. The fourth-order valence-electron chi connectivity index (χ4n) is 1.07. The second-order valence-corrected chi connectivity index (χ2v) is 2.42. The van der Waals surface area contributed by atoms with E-state index in [2.05, 4.69) is 10.2 Å². The highest BCUT2D eigenvalue weighted by Crippen LogP contribution is 1.88. The van der Waals surface area contributed by atoms with Crippen LogP contribution in [0.15, 0.2) is 12.4 Å². The zero-order valence-electron chi connectivity index (χ0n) is 5.82. The lowest BCUT2D eigenvalue weighted by Gasteiger charge is -1.95. The average Bonchev–Trinajstić information content (AvgIpc) is 2.04. The van der Waals surface area contributed by atoms with E-state index in [1.54, 1.807) is 18.5 Å². The van der Waals surface area contributed by atoms with Crippen molar-refractivity contribution in [2.24, 2.45) is 0 Å². The third-order valence-electron chi connectivity index (χ3n) is 1.63. The Hall–Kier alpha value is -1.51. The molecular weight excluding hydrogens is 140 g/mol. The third kappa shape index (κ3) is 1.05. The van der Waals surface area contributed by atoms with Crippen LogP contribution in [-0.4, -0.2) is 16.0 Å². The summed E-state index contributed by atoms with van der Waals surface area (Å²) in [5.41, 5.74) is 0. The van der Waals surface area contributed by atoms with Crippen molar-refractivity contribution in [2.75, 3.05) is 0 Å². The minimum Gasteiger partial charge on any atom is -0.294 e. The van der Waals surface area contributed by atoms with Crippen LogP contribution in [0.3, 0.4) is 0 Å². The molecule has 3 nitrogen and oxygen atoms in total. The quantitative estimate of drug-likeness (QED) is 0.472. The SMILES string of the molecule is O=C1C=c2cnncc2=CC1. The predicted octanol–water partition coefficient (Wildman–Crippen LogP) is -0.990. The molecule has 0 saturated carbocycles. The number of Topliss-reactive ketones (excluding diaryl/α,β-unsaturated/α-hetero) is 1. The number of hydrogen-bond acceptors (Lipinski definition) is 3. The van der Waals surface area contributed by atoms with Crippen LogP contribution < -0.4 is 10.4 Å². The van der Waals surface area contributed by atoms with Crippen LogP contribution >= 0.6 is 0 Å². The first kappa shape index (κ1) is 6.22. The molecule has 0 aliphatic heterocycles. The summed E-state index contributed by atoms with van der Waals surface area (Å²) in [6.45, 7) is 0. The van der Waals surface area contributed by atoms with Gasteiger partial charge in [-0.05, 0) is 6.08 Å². The number of rotatable bonds is 0. The average molecular weight is 146 g/mol. The maximum atomic E-state index is 10.9. The third-order valence-corrected chi connectivity index (χ3v) is 1.63. The van der Waals surface area contributed by atoms with Gasteiger partial charge in [-0.1, -0.05) is 6.08 Å². The lowest BCUT2D eigenvalue weighted by atomic mass is 10.1. The van der Waals surface area contributed by atoms with E-state index in [1.807, 2.05) is 6.08 Å². The normalized spacial score (nSPS) is 14.7. The fraction of sp³-hybridized carbons (Fsp3) is 0.125. The van der Waals surface area contributed by atoms with Crippen molar-refractivity contribution in [1.82, 2.24) is 10.2 Å². The molecule has 0 unspecified atom stereocenters. The molecular formula is C8H6N2O. The highest BCUT2D eigenvalue weighted by Gasteiger charge is 1.99. The van der Waals surface area contributed by atoms with Crippen LogP contribution in [0.25, 0.3) is 12.2 Å². The first-order valence-corrected chi connectivity index (χ1v) is 3.38. The summed E-state index contributed by atoms with van der Waals surface area (Å²) >= 11 is 0. The Morgan fingerprint density at radius 3 is 2.73 bits per heavy atom. The van der Waals surface area contributed by atoms with Gasteiger partial charge in [0, 0.05) is 16.9 Å². The first-order valence-electron chi connectivity index (χ1n) is 3.38. The molecule has 54 valence electrons. The van der Waals surface area contributed by atoms with Gasteiger partial charge in [-0.2, -0.15) is 10.2 Å². The molecule has 1 aliphatic rings. The van der Waals surface area contributed by atoms with E-state index >= 15 is 0 Å². The van der Waals surface area contributed by atoms with Crippen molar-refractivity contribution in [2.45, 2.75) is 6.42 Å². The molecule has 0 N–H and O–H groups in total. The summed E-state index contributed by atoms with van der Waals surface area (Å²) in [7, 11) is 0. The second kappa shape index (κ2) is 2.27. The van der Waals surface area contributed by atoms with Crippen molar-refractivity contribution in [3.05, 3.63) is 22.8 Å². The Kier molecular flexibility index (Phi) is 1.28. The minimum absolute atomic E-state index is 0.130. The number of carbonyl (C=O) groups excluding carboxylic acids is 1. The lowest BCUT2D eigenvalue weighted by Crippen LogP contribution is -2.30. The van der Waals surface area contributed by atoms with Gasteiger partial charge in [0.1, 0.15) is 0 Å². The summed E-state index contributed by atoms with van der Waals surface area (Å²) in [5.74, 6) is 0.130. The van der Waals surface area contributed by atoms with Gasteiger partial charge >= 0.3 is 0 Å². The van der Waals surface area contributed by atoms with Crippen LogP contribution in [-0.2, 0) is 4.79 Å². The highest BCUT2D eigenvalue weighted by molar-refractivity contribution is 6.09. The number of aromatic nitrogens is 2. The van der Waals surface area contributed by atoms with Crippen LogP contribution in [0.2, 0.25) is 0 Å². The number of nitrogens with zero attached hydrogens (tertiary/aromatic N) is 2. The van der Waals surface area contributed by atoms with Crippen molar-refractivity contribution in [3.63, 3.8) is 0 Å². The van der Waals surface area contributed by atoms with Crippen molar-refractivity contribution >= 4 is 17.9 Å².